The lowest BCUT2D eigenvalue weighted by atomic mass is 9.85. The van der Waals surface area contributed by atoms with Gasteiger partial charge in [0.2, 0.25) is 0 Å². The molecule has 0 aliphatic heterocycles. The Morgan fingerprint density at radius 3 is 1.30 bits per heavy atom. The number of rotatable bonds is 5. The molecule has 0 unspecified atom stereocenters. The fourth-order valence-electron chi connectivity index (χ4n) is 8.27. The van der Waals surface area contributed by atoms with Crippen LogP contribution in [0.15, 0.2) is 158 Å². The first-order chi connectivity index (χ1) is 27.4. The van der Waals surface area contributed by atoms with Crippen molar-refractivity contribution in [1.29, 1.82) is 0 Å². The molecule has 10 aromatic rings. The van der Waals surface area contributed by atoms with Gasteiger partial charge in [0.1, 0.15) is 11.6 Å². The first-order valence-electron chi connectivity index (χ1n) is 18.5. The van der Waals surface area contributed by atoms with Crippen LogP contribution in [-0.2, 0) is 0 Å². The van der Waals surface area contributed by atoms with Crippen molar-refractivity contribution in [1.82, 2.24) is 19.9 Å². The van der Waals surface area contributed by atoms with Crippen LogP contribution in [0.25, 0.3) is 99.2 Å². The minimum Gasteiger partial charge on any atom is -0.265 e. The van der Waals surface area contributed by atoms with E-state index in [2.05, 4.69) is 66.3 Å². The first-order valence-corrected chi connectivity index (χ1v) is 18.5. The Morgan fingerprint density at radius 2 is 0.786 bits per heavy atom. The van der Waals surface area contributed by atoms with E-state index in [-0.39, 0.29) is 11.6 Å². The van der Waals surface area contributed by atoms with Gasteiger partial charge in [0.05, 0.1) is 22.4 Å². The number of para-hydroxylation sites is 1. The molecule has 4 heterocycles. The average molecular weight is 727 g/mol. The van der Waals surface area contributed by atoms with Crippen LogP contribution < -0.4 is 0 Å². The van der Waals surface area contributed by atoms with Gasteiger partial charge in [0.15, 0.2) is 0 Å². The minimum absolute atomic E-state index is 0.298. The third-order valence-corrected chi connectivity index (χ3v) is 10.9. The Morgan fingerprint density at radius 1 is 0.357 bits per heavy atom. The summed E-state index contributed by atoms with van der Waals surface area (Å²) >= 11 is 0. The first kappa shape index (κ1) is 33.4. The van der Waals surface area contributed by atoms with Crippen LogP contribution in [0, 0.1) is 25.5 Å². The van der Waals surface area contributed by atoms with Crippen LogP contribution in [0.5, 0.6) is 0 Å². The molecule has 4 nitrogen and oxygen atoms in total. The predicted octanol–water partition coefficient (Wildman–Crippen LogP) is 13.1. The van der Waals surface area contributed by atoms with Crippen molar-refractivity contribution in [3.63, 3.8) is 0 Å². The number of aryl methyl sites for hydroxylation is 2. The van der Waals surface area contributed by atoms with E-state index in [1.807, 2.05) is 67.3 Å². The summed E-state index contributed by atoms with van der Waals surface area (Å²) < 4.78 is 28.7. The maximum absolute atomic E-state index is 14.4. The molecule has 266 valence electrons. The van der Waals surface area contributed by atoms with E-state index < -0.39 is 0 Å². The van der Waals surface area contributed by atoms with Gasteiger partial charge in [0, 0.05) is 57.5 Å². The highest BCUT2D eigenvalue weighted by molar-refractivity contribution is 6.25. The van der Waals surface area contributed by atoms with Crippen LogP contribution in [0.1, 0.15) is 11.1 Å². The Balaban J connectivity index is 1.30. The maximum Gasteiger partial charge on any atom is 0.123 e. The summed E-state index contributed by atoms with van der Waals surface area (Å²) in [6.45, 7) is 4.29. The van der Waals surface area contributed by atoms with Gasteiger partial charge in [-0.15, -0.1) is 0 Å². The molecule has 0 N–H and O–H groups in total. The summed E-state index contributed by atoms with van der Waals surface area (Å²) in [7, 11) is 0. The third-order valence-electron chi connectivity index (χ3n) is 10.9. The molecule has 0 bridgehead atoms. The van der Waals surface area contributed by atoms with Crippen molar-refractivity contribution >= 4 is 43.4 Å². The van der Waals surface area contributed by atoms with Crippen molar-refractivity contribution in [2.24, 2.45) is 0 Å². The molecule has 6 heteroatoms. The number of aromatic nitrogens is 4. The summed E-state index contributed by atoms with van der Waals surface area (Å²) in [6, 6.07) is 42.5. The summed E-state index contributed by atoms with van der Waals surface area (Å²) in [5, 5.41) is 6.15. The highest BCUT2D eigenvalue weighted by Gasteiger charge is 2.23. The van der Waals surface area contributed by atoms with Gasteiger partial charge in [-0.3, -0.25) is 9.97 Å². The molecule has 10 rings (SSSR count). The molecule has 0 saturated carbocycles. The van der Waals surface area contributed by atoms with Crippen LogP contribution in [0.3, 0.4) is 0 Å². The number of hydrogen-bond donors (Lipinski definition) is 0. The monoisotopic (exact) mass is 726 g/mol. The van der Waals surface area contributed by atoms with E-state index in [0.29, 0.717) is 0 Å². The van der Waals surface area contributed by atoms with Crippen LogP contribution in [0.2, 0.25) is 0 Å². The molecule has 0 radical (unpaired) electrons. The number of fused-ring (bicyclic) bond motifs is 6. The normalized spacial score (nSPS) is 11.6. The van der Waals surface area contributed by atoms with Gasteiger partial charge in [-0.1, -0.05) is 30.3 Å². The fraction of sp³-hybridized carbons (Fsp3) is 0.0400. The van der Waals surface area contributed by atoms with Gasteiger partial charge in [-0.2, -0.15) is 0 Å². The maximum atomic E-state index is 14.4. The third kappa shape index (κ3) is 5.57. The smallest absolute Gasteiger partial charge is 0.123 e. The average Bonchev–Trinajstić information content (AvgIpc) is 3.25. The van der Waals surface area contributed by atoms with Crippen molar-refractivity contribution in [3.8, 4) is 55.9 Å². The zero-order valence-corrected chi connectivity index (χ0v) is 30.6. The van der Waals surface area contributed by atoms with E-state index in [4.69, 9.17) is 9.97 Å². The fourth-order valence-corrected chi connectivity index (χ4v) is 8.27. The van der Waals surface area contributed by atoms with Gasteiger partial charge >= 0.3 is 0 Å². The summed E-state index contributed by atoms with van der Waals surface area (Å²) in [4.78, 5) is 19.1. The van der Waals surface area contributed by atoms with Crippen molar-refractivity contribution in [2.45, 2.75) is 13.8 Å². The summed E-state index contributed by atoms with van der Waals surface area (Å²) in [5.74, 6) is -0.604. The Labute approximate surface area is 321 Å². The lowest BCUT2D eigenvalue weighted by Crippen LogP contribution is -1.99. The molecule has 0 aliphatic carbocycles. The molecule has 4 aromatic heterocycles. The van der Waals surface area contributed by atoms with Gasteiger partial charge in [0.25, 0.3) is 0 Å². The van der Waals surface area contributed by atoms with Gasteiger partial charge in [-0.25, -0.2) is 18.7 Å². The molecule has 0 fully saturated rings. The van der Waals surface area contributed by atoms with Crippen molar-refractivity contribution in [2.75, 3.05) is 0 Å². The number of benzene rings is 6. The topological polar surface area (TPSA) is 51.6 Å². The zero-order chi connectivity index (χ0) is 37.9. The number of halogens is 2. The Hall–Kier alpha value is -7.18. The second kappa shape index (κ2) is 13.3. The molecule has 0 amide bonds. The zero-order valence-electron chi connectivity index (χ0n) is 30.6. The molecule has 0 aliphatic rings. The SMILES string of the molecule is Cc1c2c(-c3ccc(F)cc3)nc3cc(-c4cc(-c5ccncc5)cc(-c5ccncc5)c4)ccc3c2c(C)c2c(-c3ccc(F)cc3)nc3ccccc3c12. The summed E-state index contributed by atoms with van der Waals surface area (Å²) in [5.41, 5.74) is 13.3. The largest absolute Gasteiger partial charge is 0.265 e. The van der Waals surface area contributed by atoms with Gasteiger partial charge in [-0.05, 0) is 172 Å². The highest BCUT2D eigenvalue weighted by atomic mass is 19.1. The van der Waals surface area contributed by atoms with Crippen LogP contribution >= 0.6 is 0 Å². The second-order valence-electron chi connectivity index (χ2n) is 14.2. The lowest BCUT2D eigenvalue weighted by molar-refractivity contribution is 0.627. The number of nitrogens with zero attached hydrogens (tertiary/aromatic N) is 4. The molecule has 56 heavy (non-hydrogen) atoms. The standard InChI is InChI=1S/C50H32F2N4/c1-29-45-41-5-3-4-6-43(41)55-49(33-7-12-39(51)13-8-33)47(45)30(2)46-42-16-11-35(28-44(42)56-50(48(29)46)34-9-14-40(52)15-10-34)38-26-36(31-17-21-53-22-18-31)25-37(27-38)32-19-23-54-24-20-32/h3-28H,1-2H3. The van der Waals surface area contributed by atoms with E-state index in [1.54, 1.807) is 24.3 Å². The van der Waals surface area contributed by atoms with Crippen LogP contribution in [0.4, 0.5) is 8.78 Å². The van der Waals surface area contributed by atoms with E-state index in [1.165, 1.54) is 24.3 Å². The molecular weight excluding hydrogens is 695 g/mol. The van der Waals surface area contributed by atoms with Crippen LogP contribution in [-0.4, -0.2) is 19.9 Å². The minimum atomic E-state index is -0.306. The number of hydrogen-bond acceptors (Lipinski definition) is 4. The summed E-state index contributed by atoms with van der Waals surface area (Å²) in [6.07, 6.45) is 7.24. The molecule has 6 aromatic carbocycles. The van der Waals surface area contributed by atoms with Gasteiger partial charge < -0.3 is 0 Å². The Kier molecular flexibility index (Phi) is 7.92. The molecular formula is C50H32F2N4. The molecule has 0 spiro atoms. The molecule has 0 saturated heterocycles. The molecule has 0 atom stereocenters. The lowest BCUT2D eigenvalue weighted by Gasteiger charge is -2.21. The number of pyridine rings is 4. The quantitative estimate of drug-likeness (QED) is 0.131. The van der Waals surface area contributed by atoms with E-state index in [0.717, 1.165) is 110 Å². The Bertz CT molecular complexity index is 3090. The van der Waals surface area contributed by atoms with Crippen molar-refractivity contribution < 1.29 is 8.78 Å². The van der Waals surface area contributed by atoms with Crippen molar-refractivity contribution in [3.05, 3.63) is 181 Å². The highest BCUT2D eigenvalue weighted by Crippen LogP contribution is 2.46. The van der Waals surface area contributed by atoms with E-state index >= 15 is 0 Å². The second-order valence-corrected chi connectivity index (χ2v) is 14.2. The predicted molar refractivity (Wildman–Crippen MR) is 224 cm³/mol. The van der Waals surface area contributed by atoms with E-state index in [9.17, 15) is 8.78 Å².